The third-order valence-corrected chi connectivity index (χ3v) is 3.99. The molecule has 0 radical (unpaired) electrons. The molecule has 2 rings (SSSR count). The fourth-order valence-electron chi connectivity index (χ4n) is 2.44. The molecule has 4 heteroatoms. The Balaban J connectivity index is 2.24. The Morgan fingerprint density at radius 3 is 2.80 bits per heavy atom. The highest BCUT2D eigenvalue weighted by atomic mass is 35.5. The minimum absolute atomic E-state index is 0.267. The lowest BCUT2D eigenvalue weighted by molar-refractivity contribution is 0.522. The molecule has 108 valence electrons. The van der Waals surface area contributed by atoms with E-state index in [0.717, 1.165) is 35.9 Å². The number of benzene rings is 1. The molecule has 0 spiro atoms. The fourth-order valence-corrected chi connectivity index (χ4v) is 2.56. The molecule has 0 aliphatic heterocycles. The highest BCUT2D eigenvalue weighted by molar-refractivity contribution is 6.31. The summed E-state index contributed by atoms with van der Waals surface area (Å²) in [5.41, 5.74) is 2.38. The van der Waals surface area contributed by atoms with Crippen LogP contribution in [0.15, 0.2) is 30.6 Å². The third kappa shape index (κ3) is 3.41. The van der Waals surface area contributed by atoms with Gasteiger partial charge in [-0.1, -0.05) is 30.7 Å². The minimum Gasteiger partial charge on any atom is -0.335 e. The van der Waals surface area contributed by atoms with Gasteiger partial charge in [0.05, 0.1) is 0 Å². The van der Waals surface area contributed by atoms with Gasteiger partial charge >= 0.3 is 0 Å². The molecule has 0 saturated heterocycles. The van der Waals surface area contributed by atoms with Crippen LogP contribution in [-0.4, -0.2) is 16.1 Å². The number of aryl methyl sites for hydroxylation is 2. The molecule has 0 aliphatic carbocycles. The summed E-state index contributed by atoms with van der Waals surface area (Å²) in [6.07, 6.45) is 4.79. The Labute approximate surface area is 126 Å². The topological polar surface area (TPSA) is 29.9 Å². The standard InChI is InChI=1S/C16H22ClN3/c1-4-18-15(11-16-19-8-9-20(16)5-2)13-6-7-14(17)12(3)10-13/h6-10,15,18H,4-5,11H2,1-3H3. The average Bonchev–Trinajstić information content (AvgIpc) is 2.88. The van der Waals surface area contributed by atoms with Crippen molar-refractivity contribution in [3.05, 3.63) is 52.6 Å². The smallest absolute Gasteiger partial charge is 0.110 e. The summed E-state index contributed by atoms with van der Waals surface area (Å²) in [4.78, 5) is 4.47. The van der Waals surface area contributed by atoms with Gasteiger partial charge in [0, 0.05) is 36.4 Å². The van der Waals surface area contributed by atoms with Crippen LogP contribution in [0.5, 0.6) is 0 Å². The van der Waals surface area contributed by atoms with Crippen LogP contribution in [-0.2, 0) is 13.0 Å². The highest BCUT2D eigenvalue weighted by Crippen LogP contribution is 2.23. The molecule has 0 fully saturated rings. The molecule has 1 aromatic heterocycles. The first-order valence-electron chi connectivity index (χ1n) is 7.15. The van der Waals surface area contributed by atoms with Crippen LogP contribution >= 0.6 is 11.6 Å². The van der Waals surface area contributed by atoms with E-state index in [4.69, 9.17) is 11.6 Å². The summed E-state index contributed by atoms with van der Waals surface area (Å²) >= 11 is 6.12. The van der Waals surface area contributed by atoms with Crippen LogP contribution in [0.2, 0.25) is 5.02 Å². The second-order valence-corrected chi connectivity index (χ2v) is 5.36. The molecule has 3 nitrogen and oxygen atoms in total. The van der Waals surface area contributed by atoms with Crippen molar-refractivity contribution < 1.29 is 0 Å². The number of rotatable bonds is 6. The van der Waals surface area contributed by atoms with Gasteiger partial charge in [-0.15, -0.1) is 0 Å². The molecule has 0 amide bonds. The molecule has 2 aromatic rings. The third-order valence-electron chi connectivity index (χ3n) is 3.56. The number of hydrogen-bond donors (Lipinski definition) is 1. The predicted octanol–water partition coefficient (Wildman–Crippen LogP) is 3.76. The summed E-state index contributed by atoms with van der Waals surface area (Å²) in [5.74, 6) is 1.12. The zero-order valence-corrected chi connectivity index (χ0v) is 13.1. The quantitative estimate of drug-likeness (QED) is 0.878. The van der Waals surface area contributed by atoms with Gasteiger partial charge in [0.15, 0.2) is 0 Å². The maximum atomic E-state index is 6.12. The first-order chi connectivity index (χ1) is 9.65. The van der Waals surface area contributed by atoms with E-state index in [1.54, 1.807) is 0 Å². The fraction of sp³-hybridized carbons (Fsp3) is 0.438. The normalized spacial score (nSPS) is 12.6. The Hall–Kier alpha value is -1.32. The van der Waals surface area contributed by atoms with Crippen LogP contribution in [0.4, 0.5) is 0 Å². The summed E-state index contributed by atoms with van der Waals surface area (Å²) in [7, 11) is 0. The molecule has 1 aromatic carbocycles. The summed E-state index contributed by atoms with van der Waals surface area (Å²) in [5, 5.41) is 4.36. The van der Waals surface area contributed by atoms with Gasteiger partial charge < -0.3 is 9.88 Å². The van der Waals surface area contributed by atoms with E-state index in [-0.39, 0.29) is 6.04 Å². The van der Waals surface area contributed by atoms with Crippen LogP contribution in [0.1, 0.15) is 36.8 Å². The molecule has 0 saturated carbocycles. The Kier molecular flexibility index (Phi) is 5.21. The van der Waals surface area contributed by atoms with Gasteiger partial charge in [0.25, 0.3) is 0 Å². The Bertz CT molecular complexity index is 563. The summed E-state index contributed by atoms with van der Waals surface area (Å²) in [6, 6.07) is 6.50. The number of nitrogens with one attached hydrogen (secondary N) is 1. The average molecular weight is 292 g/mol. The molecule has 0 aliphatic rings. The van der Waals surface area contributed by atoms with Crippen molar-refractivity contribution >= 4 is 11.6 Å². The van der Waals surface area contributed by atoms with Gasteiger partial charge in [-0.05, 0) is 37.6 Å². The van der Waals surface area contributed by atoms with E-state index in [1.165, 1.54) is 5.56 Å². The number of likely N-dealkylation sites (N-methyl/N-ethyl adjacent to an activating group) is 1. The molecule has 1 atom stereocenters. The predicted molar refractivity (Wildman–Crippen MR) is 84.2 cm³/mol. The van der Waals surface area contributed by atoms with E-state index in [0.29, 0.717) is 0 Å². The maximum absolute atomic E-state index is 6.12. The van der Waals surface area contributed by atoms with Crippen LogP contribution < -0.4 is 5.32 Å². The van der Waals surface area contributed by atoms with E-state index < -0.39 is 0 Å². The summed E-state index contributed by atoms with van der Waals surface area (Å²) in [6.45, 7) is 8.19. The van der Waals surface area contributed by atoms with Crippen molar-refractivity contribution in [3.63, 3.8) is 0 Å². The first kappa shape index (κ1) is 15.1. The second-order valence-electron chi connectivity index (χ2n) is 4.95. The number of hydrogen-bond acceptors (Lipinski definition) is 2. The van der Waals surface area contributed by atoms with E-state index >= 15 is 0 Å². The van der Waals surface area contributed by atoms with Gasteiger partial charge in [-0.3, -0.25) is 0 Å². The molecule has 1 unspecified atom stereocenters. The maximum Gasteiger partial charge on any atom is 0.110 e. The van der Waals surface area contributed by atoms with Gasteiger partial charge in [-0.25, -0.2) is 4.98 Å². The summed E-state index contributed by atoms with van der Waals surface area (Å²) < 4.78 is 2.19. The number of aromatic nitrogens is 2. The van der Waals surface area contributed by atoms with Crippen LogP contribution in [0.3, 0.4) is 0 Å². The van der Waals surface area contributed by atoms with Crippen molar-refractivity contribution in [1.29, 1.82) is 0 Å². The monoisotopic (exact) mass is 291 g/mol. The van der Waals surface area contributed by atoms with Crippen molar-refractivity contribution in [1.82, 2.24) is 14.9 Å². The van der Waals surface area contributed by atoms with Crippen molar-refractivity contribution in [2.24, 2.45) is 0 Å². The minimum atomic E-state index is 0.267. The Morgan fingerprint density at radius 2 is 2.15 bits per heavy atom. The second kappa shape index (κ2) is 6.91. The van der Waals surface area contributed by atoms with Crippen molar-refractivity contribution in [2.45, 2.75) is 39.8 Å². The number of imidazole rings is 1. The lowest BCUT2D eigenvalue weighted by atomic mass is 10.0. The lowest BCUT2D eigenvalue weighted by Gasteiger charge is -2.19. The van der Waals surface area contributed by atoms with E-state index in [2.05, 4.69) is 40.8 Å². The van der Waals surface area contributed by atoms with Crippen molar-refractivity contribution in [3.8, 4) is 0 Å². The zero-order chi connectivity index (χ0) is 14.5. The van der Waals surface area contributed by atoms with Crippen molar-refractivity contribution in [2.75, 3.05) is 6.54 Å². The highest BCUT2D eigenvalue weighted by Gasteiger charge is 2.15. The zero-order valence-electron chi connectivity index (χ0n) is 12.4. The SMILES string of the molecule is CCNC(Cc1nccn1CC)c1ccc(Cl)c(C)c1. The van der Waals surface area contributed by atoms with E-state index in [9.17, 15) is 0 Å². The van der Waals surface area contributed by atoms with Crippen LogP contribution in [0, 0.1) is 6.92 Å². The van der Waals surface area contributed by atoms with Gasteiger partial charge in [-0.2, -0.15) is 0 Å². The molecule has 1 N–H and O–H groups in total. The van der Waals surface area contributed by atoms with E-state index in [1.807, 2.05) is 25.4 Å². The Morgan fingerprint density at radius 1 is 1.35 bits per heavy atom. The largest absolute Gasteiger partial charge is 0.335 e. The molecule has 20 heavy (non-hydrogen) atoms. The van der Waals surface area contributed by atoms with Gasteiger partial charge in [0.1, 0.15) is 5.82 Å². The molecule has 0 bridgehead atoms. The lowest BCUT2D eigenvalue weighted by Crippen LogP contribution is -2.24. The van der Waals surface area contributed by atoms with Crippen LogP contribution in [0.25, 0.3) is 0 Å². The molecular weight excluding hydrogens is 270 g/mol. The molecular formula is C16H22ClN3. The number of nitrogens with zero attached hydrogens (tertiary/aromatic N) is 2. The first-order valence-corrected chi connectivity index (χ1v) is 7.53. The molecule has 1 heterocycles. The number of halogens is 1. The van der Waals surface area contributed by atoms with Gasteiger partial charge in [0.2, 0.25) is 0 Å².